The maximum atomic E-state index is 9.01. The van der Waals surface area contributed by atoms with E-state index in [4.69, 9.17) is 5.11 Å². The fourth-order valence-corrected chi connectivity index (χ4v) is 2.69. The van der Waals surface area contributed by atoms with Crippen LogP contribution in [0.15, 0.2) is 24.3 Å². The van der Waals surface area contributed by atoms with E-state index in [-0.39, 0.29) is 6.61 Å². The van der Waals surface area contributed by atoms with Gasteiger partial charge >= 0.3 is 0 Å². The standard InChI is InChI=1S/C16H26N2O/c1-2-15-4-6-16(7-5-15)14-18-9-3-8-17(10-11-18)12-13-19/h4-7,19H,2-3,8-14H2,1H3. The summed E-state index contributed by atoms with van der Waals surface area (Å²) in [6.07, 6.45) is 2.31. The maximum Gasteiger partial charge on any atom is 0.0558 e. The molecule has 1 aliphatic heterocycles. The summed E-state index contributed by atoms with van der Waals surface area (Å²) in [6, 6.07) is 9.00. The zero-order valence-electron chi connectivity index (χ0n) is 12.0. The third kappa shape index (κ3) is 4.60. The molecule has 3 nitrogen and oxygen atoms in total. The van der Waals surface area contributed by atoms with E-state index in [1.165, 1.54) is 17.5 Å². The Morgan fingerprint density at radius 2 is 1.58 bits per heavy atom. The van der Waals surface area contributed by atoms with Crippen LogP contribution in [0.1, 0.15) is 24.5 Å². The van der Waals surface area contributed by atoms with Crippen molar-refractivity contribution in [2.24, 2.45) is 0 Å². The Morgan fingerprint density at radius 1 is 0.947 bits per heavy atom. The predicted octanol–water partition coefficient (Wildman–Crippen LogP) is 1.75. The molecule has 3 heteroatoms. The normalized spacial score (nSPS) is 18.4. The first kappa shape index (κ1) is 14.5. The van der Waals surface area contributed by atoms with Gasteiger partial charge in [-0.25, -0.2) is 0 Å². The highest BCUT2D eigenvalue weighted by Crippen LogP contribution is 2.10. The fraction of sp³-hybridized carbons (Fsp3) is 0.625. The molecule has 0 aliphatic carbocycles. The molecule has 0 unspecified atom stereocenters. The molecule has 1 aliphatic rings. The Kier molecular flexibility index (Phi) is 5.83. The minimum atomic E-state index is 0.276. The number of nitrogens with zero attached hydrogens (tertiary/aromatic N) is 2. The summed E-state index contributed by atoms with van der Waals surface area (Å²) < 4.78 is 0. The van der Waals surface area contributed by atoms with Gasteiger partial charge in [-0.15, -0.1) is 0 Å². The first-order valence-electron chi connectivity index (χ1n) is 7.45. The Morgan fingerprint density at radius 3 is 2.26 bits per heavy atom. The number of aliphatic hydroxyl groups is 1. The van der Waals surface area contributed by atoms with E-state index in [2.05, 4.69) is 41.0 Å². The average molecular weight is 262 g/mol. The quantitative estimate of drug-likeness (QED) is 0.876. The molecule has 2 rings (SSSR count). The smallest absolute Gasteiger partial charge is 0.0558 e. The lowest BCUT2D eigenvalue weighted by Gasteiger charge is -2.21. The number of aliphatic hydroxyl groups excluding tert-OH is 1. The minimum Gasteiger partial charge on any atom is -0.395 e. The van der Waals surface area contributed by atoms with Crippen LogP contribution in [0.4, 0.5) is 0 Å². The average Bonchev–Trinajstić information content (AvgIpc) is 2.66. The van der Waals surface area contributed by atoms with Gasteiger partial charge in [0.25, 0.3) is 0 Å². The second-order valence-corrected chi connectivity index (χ2v) is 5.36. The van der Waals surface area contributed by atoms with Crippen LogP contribution in [0.2, 0.25) is 0 Å². The lowest BCUT2D eigenvalue weighted by atomic mass is 10.1. The van der Waals surface area contributed by atoms with E-state index in [1.807, 2.05) is 0 Å². The summed E-state index contributed by atoms with van der Waals surface area (Å²) in [6.45, 7) is 8.81. The van der Waals surface area contributed by atoms with Gasteiger partial charge < -0.3 is 5.11 Å². The molecule has 1 heterocycles. The van der Waals surface area contributed by atoms with Crippen LogP contribution in [-0.2, 0) is 13.0 Å². The van der Waals surface area contributed by atoms with Gasteiger partial charge in [-0.3, -0.25) is 9.80 Å². The number of aryl methyl sites for hydroxylation is 1. The molecule has 1 N–H and O–H groups in total. The number of hydrogen-bond acceptors (Lipinski definition) is 3. The van der Waals surface area contributed by atoms with E-state index < -0.39 is 0 Å². The van der Waals surface area contributed by atoms with Gasteiger partial charge in [0.2, 0.25) is 0 Å². The highest BCUT2D eigenvalue weighted by atomic mass is 16.3. The molecule has 106 valence electrons. The van der Waals surface area contributed by atoms with E-state index in [0.29, 0.717) is 0 Å². The summed E-state index contributed by atoms with van der Waals surface area (Å²) in [4.78, 5) is 4.89. The number of benzene rings is 1. The molecule has 0 spiro atoms. The van der Waals surface area contributed by atoms with Crippen molar-refractivity contribution in [3.63, 3.8) is 0 Å². The third-order valence-corrected chi connectivity index (χ3v) is 3.93. The zero-order valence-corrected chi connectivity index (χ0v) is 12.0. The number of hydrogen-bond donors (Lipinski definition) is 1. The highest BCUT2D eigenvalue weighted by Gasteiger charge is 2.14. The molecule has 0 atom stereocenters. The Bertz CT molecular complexity index is 364. The SMILES string of the molecule is CCc1ccc(CN2CCCN(CCO)CC2)cc1. The lowest BCUT2D eigenvalue weighted by molar-refractivity contribution is 0.196. The van der Waals surface area contributed by atoms with Gasteiger partial charge in [-0.1, -0.05) is 31.2 Å². The van der Waals surface area contributed by atoms with E-state index in [9.17, 15) is 0 Å². The molecule has 0 amide bonds. The lowest BCUT2D eigenvalue weighted by Crippen LogP contribution is -2.32. The van der Waals surface area contributed by atoms with Crippen molar-refractivity contribution in [2.75, 3.05) is 39.3 Å². The van der Waals surface area contributed by atoms with Crippen LogP contribution in [-0.4, -0.2) is 54.2 Å². The number of β-amino-alcohol motifs (C(OH)–C–C–N with tert-alkyl or cyclic N) is 1. The molecular weight excluding hydrogens is 236 g/mol. The van der Waals surface area contributed by atoms with Crippen molar-refractivity contribution in [3.05, 3.63) is 35.4 Å². The van der Waals surface area contributed by atoms with Crippen LogP contribution in [0, 0.1) is 0 Å². The second-order valence-electron chi connectivity index (χ2n) is 5.36. The molecule has 0 radical (unpaired) electrons. The van der Waals surface area contributed by atoms with E-state index in [1.54, 1.807) is 0 Å². The highest BCUT2D eigenvalue weighted by molar-refractivity contribution is 5.22. The van der Waals surface area contributed by atoms with E-state index >= 15 is 0 Å². The van der Waals surface area contributed by atoms with Crippen LogP contribution in [0.3, 0.4) is 0 Å². The molecular formula is C16H26N2O. The summed E-state index contributed by atoms with van der Waals surface area (Å²) in [5.41, 5.74) is 2.82. The number of rotatable bonds is 5. The molecule has 0 aromatic heterocycles. The van der Waals surface area contributed by atoms with Gasteiger partial charge in [-0.2, -0.15) is 0 Å². The van der Waals surface area contributed by atoms with Crippen molar-refractivity contribution in [3.8, 4) is 0 Å². The van der Waals surface area contributed by atoms with Crippen molar-refractivity contribution < 1.29 is 5.11 Å². The van der Waals surface area contributed by atoms with Crippen LogP contribution in [0.5, 0.6) is 0 Å². The van der Waals surface area contributed by atoms with Gasteiger partial charge in [-0.05, 0) is 37.1 Å². The van der Waals surface area contributed by atoms with Crippen molar-refractivity contribution in [1.29, 1.82) is 0 Å². The van der Waals surface area contributed by atoms with Gasteiger partial charge in [0.15, 0.2) is 0 Å². The molecule has 0 saturated carbocycles. The van der Waals surface area contributed by atoms with Crippen LogP contribution >= 0.6 is 0 Å². The summed E-state index contributed by atoms with van der Waals surface area (Å²) in [7, 11) is 0. The minimum absolute atomic E-state index is 0.276. The maximum absolute atomic E-state index is 9.01. The zero-order chi connectivity index (χ0) is 13.5. The van der Waals surface area contributed by atoms with Crippen molar-refractivity contribution in [2.45, 2.75) is 26.3 Å². The Labute approximate surface area is 116 Å². The van der Waals surface area contributed by atoms with Crippen LogP contribution < -0.4 is 0 Å². The third-order valence-electron chi connectivity index (χ3n) is 3.93. The van der Waals surface area contributed by atoms with Gasteiger partial charge in [0.05, 0.1) is 6.61 Å². The Hall–Kier alpha value is -0.900. The molecule has 1 aromatic carbocycles. The van der Waals surface area contributed by atoms with Crippen molar-refractivity contribution >= 4 is 0 Å². The van der Waals surface area contributed by atoms with Crippen molar-refractivity contribution in [1.82, 2.24) is 9.80 Å². The molecule has 1 fully saturated rings. The van der Waals surface area contributed by atoms with Crippen LogP contribution in [0.25, 0.3) is 0 Å². The molecule has 1 saturated heterocycles. The summed E-state index contributed by atoms with van der Waals surface area (Å²) >= 11 is 0. The fourth-order valence-electron chi connectivity index (χ4n) is 2.69. The first-order valence-corrected chi connectivity index (χ1v) is 7.45. The molecule has 19 heavy (non-hydrogen) atoms. The molecule has 0 bridgehead atoms. The topological polar surface area (TPSA) is 26.7 Å². The first-order chi connectivity index (χ1) is 9.31. The van der Waals surface area contributed by atoms with E-state index in [0.717, 1.165) is 45.7 Å². The predicted molar refractivity (Wildman–Crippen MR) is 79.2 cm³/mol. The van der Waals surface area contributed by atoms with Gasteiger partial charge in [0, 0.05) is 26.2 Å². The van der Waals surface area contributed by atoms with Gasteiger partial charge in [0.1, 0.15) is 0 Å². The second kappa shape index (κ2) is 7.63. The Balaban J connectivity index is 1.84. The largest absolute Gasteiger partial charge is 0.395 e. The summed E-state index contributed by atoms with van der Waals surface area (Å²) in [5.74, 6) is 0. The monoisotopic (exact) mass is 262 g/mol. The molecule has 1 aromatic rings. The summed E-state index contributed by atoms with van der Waals surface area (Å²) in [5, 5.41) is 9.01.